The van der Waals surface area contributed by atoms with Crippen molar-refractivity contribution in [2.24, 2.45) is 18.9 Å². The molecule has 2 aliphatic heterocycles. The highest BCUT2D eigenvalue weighted by Crippen LogP contribution is 2.35. The number of nitrogens with one attached hydrogen (secondary N) is 1. The van der Waals surface area contributed by atoms with Crippen LogP contribution in [0.15, 0.2) is 48.7 Å². The van der Waals surface area contributed by atoms with Crippen LogP contribution in [0.4, 0.5) is 10.1 Å². The van der Waals surface area contributed by atoms with E-state index < -0.39 is 23.8 Å². The Balaban J connectivity index is 1.04. The molecule has 2 fully saturated rings. The number of anilines is 1. The van der Waals surface area contributed by atoms with E-state index in [1.165, 1.54) is 13.2 Å². The molecule has 1 saturated heterocycles. The molecule has 3 N–H and O–H groups in total. The highest BCUT2D eigenvalue weighted by atomic mass is 19.1. The molecule has 4 heterocycles. The van der Waals surface area contributed by atoms with Crippen molar-refractivity contribution in [2.75, 3.05) is 32.1 Å². The highest BCUT2D eigenvalue weighted by molar-refractivity contribution is 6.03. The number of benzene rings is 2. The van der Waals surface area contributed by atoms with Gasteiger partial charge in [0.2, 0.25) is 0 Å². The third-order valence-electron chi connectivity index (χ3n) is 12.5. The van der Waals surface area contributed by atoms with E-state index in [0.29, 0.717) is 60.4 Å². The van der Waals surface area contributed by atoms with Gasteiger partial charge in [0.05, 0.1) is 18.7 Å². The van der Waals surface area contributed by atoms with E-state index in [-0.39, 0.29) is 17.5 Å². The summed E-state index contributed by atoms with van der Waals surface area (Å²) in [6.07, 6.45) is 9.50. The number of hydrogen-bond donors (Lipinski definition) is 3. The summed E-state index contributed by atoms with van der Waals surface area (Å²) >= 11 is 0. The van der Waals surface area contributed by atoms with Crippen molar-refractivity contribution >= 4 is 35.4 Å². The summed E-state index contributed by atoms with van der Waals surface area (Å²) in [6, 6.07) is 12.4. The van der Waals surface area contributed by atoms with Gasteiger partial charge in [0.1, 0.15) is 23.3 Å². The Kier molecular flexibility index (Phi) is 12.4. The van der Waals surface area contributed by atoms with Crippen LogP contribution < -0.4 is 10.1 Å². The van der Waals surface area contributed by atoms with E-state index >= 15 is 4.39 Å². The van der Waals surface area contributed by atoms with Gasteiger partial charge in [-0.2, -0.15) is 0 Å². The van der Waals surface area contributed by atoms with Gasteiger partial charge in [-0.3, -0.25) is 29.2 Å². The van der Waals surface area contributed by atoms with Gasteiger partial charge in [0.25, 0.3) is 5.91 Å². The maximum absolute atomic E-state index is 15.9. The average molecular weight is 793 g/mol. The van der Waals surface area contributed by atoms with Crippen molar-refractivity contribution < 1.29 is 33.7 Å². The van der Waals surface area contributed by atoms with Gasteiger partial charge in [-0.05, 0) is 105 Å². The zero-order chi connectivity index (χ0) is 41.1. The molecular formula is C45H53FN6O6. The summed E-state index contributed by atoms with van der Waals surface area (Å²) in [5.41, 5.74) is 7.63. The lowest BCUT2D eigenvalue weighted by molar-refractivity contribution is -0.145. The van der Waals surface area contributed by atoms with Gasteiger partial charge >= 0.3 is 11.9 Å². The standard InChI is InChI=1S/C45H53FN6O6/c1-27-31(21-35(46)37-22-41(58-4)32(23-47-37)25-52-19-6-5-13-40(52)45(56)57)9-7-10-33(27)34-11-8-12-36(28(34)2)49-43(53)42-48-38-26-51(20-18-39(38)50(42)3)24-29-14-16-30(17-15-29)44(54)55/h7-12,21-23,29-30,40H,5-6,13-20,24-26H2,1-4H3,(H,49,53)(H,54,55)(H,56,57)/b35-21-/t29?,30?,40-/m0/s1. The molecule has 12 nitrogen and oxygen atoms in total. The number of carbonyl (C=O) groups excluding carboxylic acids is 1. The number of hydrogen-bond acceptors (Lipinski definition) is 8. The number of ether oxygens (including phenoxy) is 1. The predicted octanol–water partition coefficient (Wildman–Crippen LogP) is 7.52. The van der Waals surface area contributed by atoms with E-state index in [2.05, 4.69) is 15.2 Å². The van der Waals surface area contributed by atoms with Crippen LogP contribution in [-0.2, 0) is 36.1 Å². The Morgan fingerprint density at radius 2 is 1.71 bits per heavy atom. The number of nitrogens with zero attached hydrogens (tertiary/aromatic N) is 5. The molecule has 0 radical (unpaired) electrons. The predicted molar refractivity (Wildman–Crippen MR) is 220 cm³/mol. The number of likely N-dealkylation sites (tertiary alicyclic amines) is 1. The number of carboxylic acid groups (broad SMARTS) is 2. The Hall–Kier alpha value is -5.40. The van der Waals surface area contributed by atoms with Crippen molar-refractivity contribution in [3.05, 3.63) is 93.8 Å². The van der Waals surface area contributed by atoms with Crippen LogP contribution >= 0.6 is 0 Å². The molecule has 0 bridgehead atoms. The number of fused-ring (bicyclic) bond motifs is 1. The van der Waals surface area contributed by atoms with Crippen LogP contribution in [0.2, 0.25) is 0 Å². The summed E-state index contributed by atoms with van der Waals surface area (Å²) in [7, 11) is 3.40. The molecule has 58 heavy (non-hydrogen) atoms. The number of aliphatic carboxylic acids is 2. The van der Waals surface area contributed by atoms with Gasteiger partial charge in [-0.15, -0.1) is 0 Å². The van der Waals surface area contributed by atoms with Gasteiger partial charge in [0.15, 0.2) is 5.82 Å². The smallest absolute Gasteiger partial charge is 0.320 e. The van der Waals surface area contributed by atoms with Gasteiger partial charge in [-0.25, -0.2) is 9.37 Å². The Labute approximate surface area is 338 Å². The molecule has 1 atom stereocenters. The molecule has 13 heteroatoms. The van der Waals surface area contributed by atoms with Gasteiger partial charge in [0, 0.05) is 68.9 Å². The molecule has 2 aromatic heterocycles. The fourth-order valence-electron chi connectivity index (χ4n) is 9.03. The van der Waals surface area contributed by atoms with Crippen LogP contribution in [0.3, 0.4) is 0 Å². The number of carbonyl (C=O) groups is 3. The summed E-state index contributed by atoms with van der Waals surface area (Å²) in [5.74, 6) is -1.30. The van der Waals surface area contributed by atoms with Crippen LogP contribution in [0.25, 0.3) is 23.0 Å². The average Bonchev–Trinajstić information content (AvgIpc) is 3.55. The van der Waals surface area contributed by atoms with Crippen LogP contribution in [0, 0.1) is 25.7 Å². The molecule has 306 valence electrons. The lowest BCUT2D eigenvalue weighted by atomic mass is 9.81. The third-order valence-corrected chi connectivity index (χ3v) is 12.5. The zero-order valence-electron chi connectivity index (χ0n) is 33.8. The second kappa shape index (κ2) is 17.6. The lowest BCUT2D eigenvalue weighted by Crippen LogP contribution is -2.44. The first-order valence-corrected chi connectivity index (χ1v) is 20.3. The van der Waals surface area contributed by atoms with Crippen molar-refractivity contribution in [2.45, 2.75) is 84.3 Å². The lowest BCUT2D eigenvalue weighted by Gasteiger charge is -2.33. The number of pyridine rings is 1. The molecule has 2 aromatic carbocycles. The minimum absolute atomic E-state index is 0.114. The van der Waals surface area contributed by atoms with Crippen molar-refractivity contribution in [1.29, 1.82) is 0 Å². The van der Waals surface area contributed by atoms with Crippen molar-refractivity contribution in [3.63, 3.8) is 0 Å². The molecular weight excluding hydrogens is 740 g/mol. The summed E-state index contributed by atoms with van der Waals surface area (Å²) in [5, 5.41) is 22.2. The minimum atomic E-state index is -0.844. The van der Waals surface area contributed by atoms with Crippen LogP contribution in [0.5, 0.6) is 5.75 Å². The van der Waals surface area contributed by atoms with Crippen LogP contribution in [0.1, 0.15) is 94.9 Å². The summed E-state index contributed by atoms with van der Waals surface area (Å²) in [6.45, 7) is 7.36. The third kappa shape index (κ3) is 8.70. The largest absolute Gasteiger partial charge is 0.496 e. The zero-order valence-corrected chi connectivity index (χ0v) is 33.8. The number of methoxy groups -OCH3 is 1. The number of halogens is 1. The van der Waals surface area contributed by atoms with Gasteiger partial charge < -0.3 is 24.8 Å². The first-order chi connectivity index (χ1) is 27.9. The Morgan fingerprint density at radius 3 is 2.43 bits per heavy atom. The van der Waals surface area contributed by atoms with E-state index in [4.69, 9.17) is 9.72 Å². The number of imidazole rings is 1. The Bertz CT molecular complexity index is 2230. The Morgan fingerprint density at radius 1 is 0.966 bits per heavy atom. The second-order valence-electron chi connectivity index (χ2n) is 16.1. The van der Waals surface area contributed by atoms with E-state index in [9.17, 15) is 24.6 Å². The maximum atomic E-state index is 15.9. The monoisotopic (exact) mass is 792 g/mol. The number of aromatic nitrogens is 3. The fourth-order valence-corrected chi connectivity index (χ4v) is 9.03. The number of amides is 1. The molecule has 4 aromatic rings. The first kappa shape index (κ1) is 40.8. The highest BCUT2D eigenvalue weighted by Gasteiger charge is 2.31. The quantitative estimate of drug-likeness (QED) is 0.132. The molecule has 1 saturated carbocycles. The first-order valence-electron chi connectivity index (χ1n) is 20.3. The fraction of sp³-hybridized carbons (Fsp3) is 0.444. The normalized spacial score (nSPS) is 20.4. The summed E-state index contributed by atoms with van der Waals surface area (Å²) in [4.78, 5) is 50.5. The van der Waals surface area contributed by atoms with E-state index in [1.807, 2.05) is 66.8 Å². The maximum Gasteiger partial charge on any atom is 0.320 e. The molecule has 0 unspecified atom stereocenters. The molecule has 7 rings (SSSR count). The second-order valence-corrected chi connectivity index (χ2v) is 16.1. The molecule has 3 aliphatic rings. The van der Waals surface area contributed by atoms with E-state index in [0.717, 1.165) is 91.7 Å². The van der Waals surface area contributed by atoms with Crippen LogP contribution in [-0.4, -0.2) is 85.2 Å². The number of rotatable bonds is 12. The van der Waals surface area contributed by atoms with Crippen molar-refractivity contribution in [3.8, 4) is 16.9 Å². The van der Waals surface area contributed by atoms with Gasteiger partial charge in [-0.1, -0.05) is 36.8 Å². The van der Waals surface area contributed by atoms with E-state index in [1.54, 1.807) is 12.3 Å². The minimum Gasteiger partial charge on any atom is -0.496 e. The molecule has 0 spiro atoms. The molecule has 1 aliphatic carbocycles. The number of piperidine rings is 1. The topological polar surface area (TPSA) is 150 Å². The van der Waals surface area contributed by atoms with Crippen molar-refractivity contribution in [1.82, 2.24) is 24.3 Å². The molecule has 1 amide bonds. The number of carboxylic acids is 2. The summed E-state index contributed by atoms with van der Waals surface area (Å²) < 4.78 is 23.4. The SMILES string of the molecule is COc1cc(/C(F)=C/c2cccc(-c3cccc(NC(=O)c4nc5c(n4C)CCN(CC4CCC(C(=O)O)CC4)C5)c3C)c2C)ncc1CN1CCCC[C@H]1C(=O)O.